The van der Waals surface area contributed by atoms with Crippen LogP contribution in [0, 0.1) is 0 Å². The van der Waals surface area contributed by atoms with E-state index in [0.29, 0.717) is 12.1 Å². The number of anilines is 1. The van der Waals surface area contributed by atoms with Crippen LogP contribution in [0.5, 0.6) is 0 Å². The molecule has 0 saturated carbocycles. The molecule has 0 spiro atoms. The molecule has 0 bridgehead atoms. The van der Waals surface area contributed by atoms with Gasteiger partial charge in [-0.1, -0.05) is 6.07 Å². The van der Waals surface area contributed by atoms with Crippen molar-refractivity contribution in [2.75, 3.05) is 51.8 Å². The van der Waals surface area contributed by atoms with Gasteiger partial charge in [-0.05, 0) is 49.8 Å². The predicted molar refractivity (Wildman–Crippen MR) is 103 cm³/mol. The highest BCUT2D eigenvalue weighted by Crippen LogP contribution is 2.22. The van der Waals surface area contributed by atoms with Crippen molar-refractivity contribution in [1.29, 1.82) is 0 Å². The number of benzene rings is 1. The summed E-state index contributed by atoms with van der Waals surface area (Å²) in [5.41, 5.74) is 1.84. The number of amides is 1. The molecular formula is C19H25N3O2S. The molecule has 134 valence electrons. The van der Waals surface area contributed by atoms with Crippen LogP contribution in [0.4, 0.5) is 5.69 Å². The molecule has 1 unspecified atom stereocenters. The van der Waals surface area contributed by atoms with Gasteiger partial charge in [0.2, 0.25) is 0 Å². The van der Waals surface area contributed by atoms with Gasteiger partial charge in [0.05, 0.1) is 19.3 Å². The lowest BCUT2D eigenvalue weighted by atomic mass is 10.1. The van der Waals surface area contributed by atoms with Gasteiger partial charge in [-0.15, -0.1) is 11.3 Å². The van der Waals surface area contributed by atoms with Crippen LogP contribution in [0.2, 0.25) is 0 Å². The molecule has 3 rings (SSSR count). The lowest BCUT2D eigenvalue weighted by Gasteiger charge is -2.29. The largest absolute Gasteiger partial charge is 0.378 e. The Bertz CT molecular complexity index is 664. The lowest BCUT2D eigenvalue weighted by Crippen LogP contribution is -2.36. The molecule has 1 aromatic heterocycles. The first-order chi connectivity index (χ1) is 12.1. The maximum Gasteiger partial charge on any atom is 0.251 e. The van der Waals surface area contributed by atoms with Crippen LogP contribution < -0.4 is 10.2 Å². The first-order valence-corrected chi connectivity index (χ1v) is 9.44. The van der Waals surface area contributed by atoms with Gasteiger partial charge in [-0.3, -0.25) is 4.79 Å². The molecule has 1 saturated heterocycles. The quantitative estimate of drug-likeness (QED) is 0.861. The number of nitrogens with zero attached hydrogens (tertiary/aromatic N) is 2. The molecule has 0 radical (unpaired) electrons. The standard InChI is InChI=1S/C19H25N3O2S/c1-21(2)17(18-4-3-13-25-18)14-20-19(23)15-5-7-16(8-6-15)22-9-11-24-12-10-22/h3-8,13,17H,9-12,14H2,1-2H3,(H,20,23). The summed E-state index contributed by atoms with van der Waals surface area (Å²) in [6, 6.07) is 12.2. The molecular weight excluding hydrogens is 334 g/mol. The van der Waals surface area contributed by atoms with E-state index >= 15 is 0 Å². The maximum absolute atomic E-state index is 12.5. The Morgan fingerprint density at radius 3 is 2.56 bits per heavy atom. The number of thiophene rings is 1. The fourth-order valence-corrected chi connectivity index (χ4v) is 3.88. The zero-order valence-electron chi connectivity index (χ0n) is 14.8. The van der Waals surface area contributed by atoms with Gasteiger partial charge < -0.3 is 19.9 Å². The Labute approximate surface area is 153 Å². The second-order valence-corrected chi connectivity index (χ2v) is 7.33. The fraction of sp³-hybridized carbons (Fsp3) is 0.421. The summed E-state index contributed by atoms with van der Waals surface area (Å²) in [4.78, 5) is 18.1. The fourth-order valence-electron chi connectivity index (χ4n) is 2.96. The van der Waals surface area contributed by atoms with Crippen LogP contribution >= 0.6 is 11.3 Å². The third-order valence-electron chi connectivity index (χ3n) is 4.46. The molecule has 1 aliphatic rings. The molecule has 1 amide bonds. The maximum atomic E-state index is 12.5. The van der Waals surface area contributed by atoms with Gasteiger partial charge >= 0.3 is 0 Å². The molecule has 0 aliphatic carbocycles. The Hall–Kier alpha value is -1.89. The number of hydrogen-bond donors (Lipinski definition) is 1. The highest BCUT2D eigenvalue weighted by Gasteiger charge is 2.17. The number of rotatable bonds is 6. The van der Waals surface area contributed by atoms with Crippen LogP contribution in [0.3, 0.4) is 0 Å². The number of ether oxygens (including phenoxy) is 1. The van der Waals surface area contributed by atoms with E-state index in [1.807, 2.05) is 44.4 Å². The third-order valence-corrected chi connectivity index (χ3v) is 5.43. The van der Waals surface area contributed by atoms with Gasteiger partial charge in [0.25, 0.3) is 5.91 Å². The van der Waals surface area contributed by atoms with E-state index in [9.17, 15) is 4.79 Å². The molecule has 2 aromatic rings. The molecule has 2 heterocycles. The van der Waals surface area contributed by atoms with E-state index < -0.39 is 0 Å². The Kier molecular flexibility index (Phi) is 6.07. The highest BCUT2D eigenvalue weighted by molar-refractivity contribution is 7.10. The minimum Gasteiger partial charge on any atom is -0.378 e. The molecule has 6 heteroatoms. The van der Waals surface area contributed by atoms with E-state index in [4.69, 9.17) is 4.74 Å². The van der Waals surface area contributed by atoms with Gasteiger partial charge in [0.15, 0.2) is 0 Å². The summed E-state index contributed by atoms with van der Waals surface area (Å²) >= 11 is 1.72. The summed E-state index contributed by atoms with van der Waals surface area (Å²) in [6.45, 7) is 3.92. The first kappa shape index (κ1) is 17.9. The lowest BCUT2D eigenvalue weighted by molar-refractivity contribution is 0.0942. The first-order valence-electron chi connectivity index (χ1n) is 8.56. The van der Waals surface area contributed by atoms with Gasteiger partial charge in [-0.25, -0.2) is 0 Å². The summed E-state index contributed by atoms with van der Waals surface area (Å²) in [7, 11) is 4.07. The minimum absolute atomic E-state index is 0.0306. The van der Waals surface area contributed by atoms with Crippen LogP contribution in [0.15, 0.2) is 41.8 Å². The van der Waals surface area contributed by atoms with Gasteiger partial charge in [0.1, 0.15) is 0 Å². The summed E-state index contributed by atoms with van der Waals surface area (Å²) in [6.07, 6.45) is 0. The number of nitrogens with one attached hydrogen (secondary N) is 1. The molecule has 1 fully saturated rings. The molecule has 1 N–H and O–H groups in total. The Morgan fingerprint density at radius 2 is 1.96 bits per heavy atom. The van der Waals surface area contributed by atoms with Crippen molar-refractivity contribution in [3.63, 3.8) is 0 Å². The normalized spacial score (nSPS) is 16.0. The molecule has 25 heavy (non-hydrogen) atoms. The number of carbonyl (C=O) groups excluding carboxylic acids is 1. The predicted octanol–water partition coefficient (Wildman–Crippen LogP) is 2.62. The average molecular weight is 359 g/mol. The molecule has 1 aromatic carbocycles. The van der Waals surface area contributed by atoms with Crippen LogP contribution in [0.25, 0.3) is 0 Å². The second-order valence-electron chi connectivity index (χ2n) is 6.35. The van der Waals surface area contributed by atoms with E-state index in [2.05, 4.69) is 26.6 Å². The molecule has 5 nitrogen and oxygen atoms in total. The third kappa shape index (κ3) is 4.60. The van der Waals surface area contributed by atoms with Crippen molar-refractivity contribution in [2.45, 2.75) is 6.04 Å². The van der Waals surface area contributed by atoms with Crippen molar-refractivity contribution in [3.8, 4) is 0 Å². The topological polar surface area (TPSA) is 44.8 Å². The van der Waals surface area contributed by atoms with Crippen molar-refractivity contribution in [3.05, 3.63) is 52.2 Å². The second kappa shape index (κ2) is 8.47. The van der Waals surface area contributed by atoms with Crippen LogP contribution in [0.1, 0.15) is 21.3 Å². The SMILES string of the molecule is CN(C)C(CNC(=O)c1ccc(N2CCOCC2)cc1)c1cccs1. The zero-order chi connectivity index (χ0) is 17.6. The van der Waals surface area contributed by atoms with Gasteiger partial charge in [0, 0.05) is 35.8 Å². The Morgan fingerprint density at radius 1 is 1.24 bits per heavy atom. The van der Waals surface area contributed by atoms with Gasteiger partial charge in [-0.2, -0.15) is 0 Å². The number of carbonyl (C=O) groups is 1. The minimum atomic E-state index is -0.0306. The van der Waals surface area contributed by atoms with Crippen molar-refractivity contribution in [1.82, 2.24) is 10.2 Å². The molecule has 1 atom stereocenters. The highest BCUT2D eigenvalue weighted by atomic mass is 32.1. The number of hydrogen-bond acceptors (Lipinski definition) is 5. The summed E-state index contributed by atoms with van der Waals surface area (Å²) in [5.74, 6) is -0.0306. The Balaban J connectivity index is 1.59. The number of morpholine rings is 1. The van der Waals surface area contributed by atoms with Crippen molar-refractivity contribution < 1.29 is 9.53 Å². The van der Waals surface area contributed by atoms with Crippen molar-refractivity contribution >= 4 is 22.9 Å². The van der Waals surface area contributed by atoms with E-state index in [0.717, 1.165) is 32.0 Å². The van der Waals surface area contributed by atoms with Crippen molar-refractivity contribution in [2.24, 2.45) is 0 Å². The molecule has 1 aliphatic heterocycles. The average Bonchev–Trinajstić information content (AvgIpc) is 3.16. The van der Waals surface area contributed by atoms with Crippen LogP contribution in [-0.4, -0.2) is 57.8 Å². The number of likely N-dealkylation sites (N-methyl/N-ethyl adjacent to an activating group) is 1. The summed E-state index contributed by atoms with van der Waals surface area (Å²) < 4.78 is 5.38. The van der Waals surface area contributed by atoms with E-state index in [1.54, 1.807) is 11.3 Å². The summed E-state index contributed by atoms with van der Waals surface area (Å²) in [5, 5.41) is 5.13. The monoisotopic (exact) mass is 359 g/mol. The van der Waals surface area contributed by atoms with E-state index in [1.165, 1.54) is 4.88 Å². The van der Waals surface area contributed by atoms with Crippen LogP contribution in [-0.2, 0) is 4.74 Å². The van der Waals surface area contributed by atoms with E-state index in [-0.39, 0.29) is 11.9 Å². The zero-order valence-corrected chi connectivity index (χ0v) is 15.6. The smallest absolute Gasteiger partial charge is 0.251 e.